The first-order valence-corrected chi connectivity index (χ1v) is 8.44. The summed E-state index contributed by atoms with van der Waals surface area (Å²) < 4.78 is 5.29. The number of morpholine rings is 1. The Morgan fingerprint density at radius 3 is 2.72 bits per heavy atom. The lowest BCUT2D eigenvalue weighted by Gasteiger charge is -2.27. The number of carboxylic acids is 1. The predicted molar refractivity (Wildman–Crippen MR) is 93.1 cm³/mol. The number of unbranched alkanes of at least 4 members (excludes halogenated alkanes) is 1. The molecule has 0 aromatic carbocycles. The van der Waals surface area contributed by atoms with Crippen molar-refractivity contribution in [3.05, 3.63) is 11.8 Å². The summed E-state index contributed by atoms with van der Waals surface area (Å²) >= 11 is 0. The number of ether oxygens (including phenoxy) is 1. The molecule has 0 spiro atoms. The van der Waals surface area contributed by atoms with Crippen LogP contribution in [0.4, 0.5) is 11.8 Å². The monoisotopic (exact) mass is 351 g/mol. The Labute approximate surface area is 147 Å². The van der Waals surface area contributed by atoms with Gasteiger partial charge >= 0.3 is 5.97 Å². The molecule has 0 atom stereocenters. The second-order valence-electron chi connectivity index (χ2n) is 5.87. The zero-order valence-electron chi connectivity index (χ0n) is 14.7. The Balaban J connectivity index is 2.07. The topological polar surface area (TPSA) is 108 Å². The van der Waals surface area contributed by atoms with Gasteiger partial charge in [-0.2, -0.15) is 4.98 Å². The lowest BCUT2D eigenvalue weighted by Crippen LogP contribution is -2.38. The second-order valence-corrected chi connectivity index (χ2v) is 5.87. The highest BCUT2D eigenvalue weighted by Gasteiger charge is 2.18. The third kappa shape index (κ3) is 5.56. The van der Waals surface area contributed by atoms with E-state index in [1.54, 1.807) is 11.9 Å². The van der Waals surface area contributed by atoms with Crippen LogP contribution >= 0.6 is 0 Å². The molecule has 1 saturated heterocycles. The minimum absolute atomic E-state index is 0.0544. The average Bonchev–Trinajstić information content (AvgIpc) is 2.64. The molecule has 1 amide bonds. The van der Waals surface area contributed by atoms with Crippen LogP contribution in [-0.4, -0.2) is 78.3 Å². The van der Waals surface area contributed by atoms with Gasteiger partial charge in [0.15, 0.2) is 5.69 Å². The largest absolute Gasteiger partial charge is 0.477 e. The van der Waals surface area contributed by atoms with Gasteiger partial charge in [-0.1, -0.05) is 13.3 Å². The summed E-state index contributed by atoms with van der Waals surface area (Å²) in [6, 6.07) is 1.34. The number of nitrogens with one attached hydrogen (secondary N) is 1. The molecule has 9 heteroatoms. The summed E-state index contributed by atoms with van der Waals surface area (Å²) in [6.07, 6.45) is 1.96. The highest BCUT2D eigenvalue weighted by molar-refractivity contribution is 5.87. The van der Waals surface area contributed by atoms with Gasteiger partial charge in [-0.25, -0.2) is 9.78 Å². The van der Waals surface area contributed by atoms with Crippen LogP contribution in [-0.2, 0) is 9.53 Å². The molecule has 0 unspecified atom stereocenters. The van der Waals surface area contributed by atoms with Crippen molar-refractivity contribution >= 4 is 23.6 Å². The van der Waals surface area contributed by atoms with E-state index in [2.05, 4.69) is 22.2 Å². The van der Waals surface area contributed by atoms with E-state index in [-0.39, 0.29) is 18.1 Å². The van der Waals surface area contributed by atoms with E-state index in [1.165, 1.54) is 6.07 Å². The molecule has 1 fully saturated rings. The molecule has 25 heavy (non-hydrogen) atoms. The number of aromatic nitrogens is 2. The first-order valence-electron chi connectivity index (χ1n) is 8.44. The number of carbonyl (C=O) groups is 2. The van der Waals surface area contributed by atoms with Crippen molar-refractivity contribution in [1.29, 1.82) is 0 Å². The van der Waals surface area contributed by atoms with Crippen LogP contribution in [0.15, 0.2) is 6.07 Å². The molecule has 0 radical (unpaired) electrons. The minimum Gasteiger partial charge on any atom is -0.477 e. The number of aromatic carboxylic acids is 1. The molecule has 0 aliphatic carbocycles. The Morgan fingerprint density at radius 1 is 1.36 bits per heavy atom. The Kier molecular flexibility index (Phi) is 6.93. The van der Waals surface area contributed by atoms with E-state index < -0.39 is 5.97 Å². The van der Waals surface area contributed by atoms with Crippen LogP contribution in [0.2, 0.25) is 0 Å². The van der Waals surface area contributed by atoms with Crippen molar-refractivity contribution < 1.29 is 19.4 Å². The van der Waals surface area contributed by atoms with Gasteiger partial charge < -0.3 is 25.0 Å². The maximum atomic E-state index is 12.1. The highest BCUT2D eigenvalue weighted by Crippen LogP contribution is 2.15. The lowest BCUT2D eigenvalue weighted by atomic mass is 10.3. The Hall–Kier alpha value is -2.42. The van der Waals surface area contributed by atoms with E-state index in [9.17, 15) is 14.7 Å². The van der Waals surface area contributed by atoms with Gasteiger partial charge in [-0.05, 0) is 6.42 Å². The first kappa shape index (κ1) is 18.9. The summed E-state index contributed by atoms with van der Waals surface area (Å²) in [4.78, 5) is 35.4. The standard InChI is InChI=1S/C16H25N5O4/c1-3-4-5-20(2)14(22)11-17-13-10-12(15(23)24)18-16(19-13)21-6-8-25-9-7-21/h10H,3-9,11H2,1-2H3,(H,23,24)(H,17,18,19). The second kappa shape index (κ2) is 9.16. The van der Waals surface area contributed by atoms with Gasteiger partial charge in [-0.15, -0.1) is 0 Å². The molecule has 0 bridgehead atoms. The highest BCUT2D eigenvalue weighted by atomic mass is 16.5. The molecule has 2 rings (SSSR count). The van der Waals surface area contributed by atoms with E-state index in [4.69, 9.17) is 4.74 Å². The zero-order valence-corrected chi connectivity index (χ0v) is 14.7. The van der Waals surface area contributed by atoms with Gasteiger partial charge in [0.25, 0.3) is 0 Å². The summed E-state index contributed by atoms with van der Waals surface area (Å²) in [6.45, 7) is 5.10. The van der Waals surface area contributed by atoms with Gasteiger partial charge in [0.2, 0.25) is 11.9 Å². The number of hydrogen-bond acceptors (Lipinski definition) is 7. The first-order chi connectivity index (χ1) is 12.0. The van der Waals surface area contributed by atoms with E-state index >= 15 is 0 Å². The van der Waals surface area contributed by atoms with Crippen molar-refractivity contribution in [3.63, 3.8) is 0 Å². The molecular formula is C16H25N5O4. The van der Waals surface area contributed by atoms with Crippen LogP contribution in [0.5, 0.6) is 0 Å². The molecule has 0 saturated carbocycles. The summed E-state index contributed by atoms with van der Waals surface area (Å²) in [5.74, 6) is -0.549. The van der Waals surface area contributed by atoms with Crippen LogP contribution in [0.1, 0.15) is 30.3 Å². The smallest absolute Gasteiger partial charge is 0.354 e. The number of amides is 1. The van der Waals surface area contributed by atoms with Crippen LogP contribution in [0, 0.1) is 0 Å². The molecule has 138 valence electrons. The zero-order chi connectivity index (χ0) is 18.2. The molecule has 2 heterocycles. The van der Waals surface area contributed by atoms with Gasteiger partial charge in [0.1, 0.15) is 5.82 Å². The molecule has 1 aromatic rings. The van der Waals surface area contributed by atoms with Crippen molar-refractivity contribution in [2.45, 2.75) is 19.8 Å². The molecule has 9 nitrogen and oxygen atoms in total. The fraction of sp³-hybridized carbons (Fsp3) is 0.625. The molecule has 1 aliphatic heterocycles. The Bertz CT molecular complexity index is 604. The summed E-state index contributed by atoms with van der Waals surface area (Å²) in [5, 5.41) is 12.2. The number of carboxylic acid groups (broad SMARTS) is 1. The van der Waals surface area contributed by atoms with E-state index in [1.807, 2.05) is 4.90 Å². The Morgan fingerprint density at radius 2 is 2.08 bits per heavy atom. The van der Waals surface area contributed by atoms with Crippen LogP contribution < -0.4 is 10.2 Å². The van der Waals surface area contributed by atoms with Gasteiger partial charge in [-0.3, -0.25) is 4.79 Å². The maximum absolute atomic E-state index is 12.1. The van der Waals surface area contributed by atoms with E-state index in [0.29, 0.717) is 44.6 Å². The third-order valence-electron chi connectivity index (χ3n) is 3.92. The SMILES string of the molecule is CCCCN(C)C(=O)CNc1cc(C(=O)O)nc(N2CCOCC2)n1. The lowest BCUT2D eigenvalue weighted by molar-refractivity contribution is -0.128. The molecule has 1 aliphatic rings. The maximum Gasteiger partial charge on any atom is 0.354 e. The van der Waals surface area contributed by atoms with Crippen molar-refractivity contribution in [2.24, 2.45) is 0 Å². The fourth-order valence-corrected chi connectivity index (χ4v) is 2.36. The van der Waals surface area contributed by atoms with Crippen molar-refractivity contribution in [1.82, 2.24) is 14.9 Å². The molecule has 2 N–H and O–H groups in total. The number of anilines is 2. The number of likely N-dealkylation sites (N-methyl/N-ethyl adjacent to an activating group) is 1. The van der Waals surface area contributed by atoms with Crippen molar-refractivity contribution in [3.8, 4) is 0 Å². The van der Waals surface area contributed by atoms with E-state index in [0.717, 1.165) is 12.8 Å². The summed E-state index contributed by atoms with van der Waals surface area (Å²) in [5.41, 5.74) is -0.106. The third-order valence-corrected chi connectivity index (χ3v) is 3.92. The number of rotatable bonds is 8. The predicted octanol–water partition coefficient (Wildman–Crippen LogP) is 0.682. The molecule has 1 aromatic heterocycles. The number of nitrogens with zero attached hydrogens (tertiary/aromatic N) is 4. The quantitative estimate of drug-likeness (QED) is 0.704. The van der Waals surface area contributed by atoms with Crippen molar-refractivity contribution in [2.75, 3.05) is 56.7 Å². The number of carbonyl (C=O) groups excluding carboxylic acids is 1. The number of hydrogen-bond donors (Lipinski definition) is 2. The molecular weight excluding hydrogens is 326 g/mol. The van der Waals surface area contributed by atoms with Crippen LogP contribution in [0.3, 0.4) is 0 Å². The normalized spacial score (nSPS) is 14.2. The average molecular weight is 351 g/mol. The van der Waals surface area contributed by atoms with Gasteiger partial charge in [0, 0.05) is 32.7 Å². The summed E-state index contributed by atoms with van der Waals surface area (Å²) in [7, 11) is 1.75. The minimum atomic E-state index is -1.13. The van der Waals surface area contributed by atoms with Crippen LogP contribution in [0.25, 0.3) is 0 Å². The fourth-order valence-electron chi connectivity index (χ4n) is 2.36. The van der Waals surface area contributed by atoms with Gasteiger partial charge in [0.05, 0.1) is 19.8 Å².